The number of anilines is 1. The molecule has 0 spiro atoms. The normalized spacial score (nSPS) is 10.8. The van der Waals surface area contributed by atoms with Gasteiger partial charge in [-0.2, -0.15) is 0 Å². The van der Waals surface area contributed by atoms with Crippen LogP contribution < -0.4 is 11.2 Å². The molecule has 1 heterocycles. The SMILES string of the molecule is Cc1cc2cc(-c3cccc(B(O)O)c3)ccc2c(N)n1. The van der Waals surface area contributed by atoms with E-state index in [-0.39, 0.29) is 0 Å². The lowest BCUT2D eigenvalue weighted by Gasteiger charge is -2.08. The van der Waals surface area contributed by atoms with Crippen molar-refractivity contribution in [2.24, 2.45) is 0 Å². The van der Waals surface area contributed by atoms with Crippen molar-refractivity contribution in [1.82, 2.24) is 4.98 Å². The molecule has 104 valence electrons. The number of benzene rings is 2. The number of nitrogen functional groups attached to an aromatic ring is 1. The first kappa shape index (κ1) is 13.6. The summed E-state index contributed by atoms with van der Waals surface area (Å²) < 4.78 is 0. The van der Waals surface area contributed by atoms with Crippen LogP contribution in [0.15, 0.2) is 48.5 Å². The third-order valence-electron chi connectivity index (χ3n) is 3.51. The number of hydrogen-bond donors (Lipinski definition) is 3. The van der Waals surface area contributed by atoms with E-state index in [1.165, 1.54) is 0 Å². The number of rotatable bonds is 2. The number of hydrogen-bond acceptors (Lipinski definition) is 4. The van der Waals surface area contributed by atoms with Crippen molar-refractivity contribution in [2.75, 3.05) is 5.73 Å². The highest BCUT2D eigenvalue weighted by molar-refractivity contribution is 6.58. The predicted molar refractivity (Wildman–Crippen MR) is 86.2 cm³/mol. The molecule has 0 saturated heterocycles. The van der Waals surface area contributed by atoms with Crippen molar-refractivity contribution >= 4 is 29.2 Å². The van der Waals surface area contributed by atoms with Crippen LogP contribution >= 0.6 is 0 Å². The van der Waals surface area contributed by atoms with Gasteiger partial charge in [-0.3, -0.25) is 0 Å². The average Bonchev–Trinajstić information content (AvgIpc) is 2.46. The van der Waals surface area contributed by atoms with Gasteiger partial charge in [0.2, 0.25) is 0 Å². The van der Waals surface area contributed by atoms with Crippen LogP contribution in [-0.4, -0.2) is 22.2 Å². The van der Waals surface area contributed by atoms with E-state index in [1.807, 2.05) is 37.3 Å². The first-order valence-corrected chi connectivity index (χ1v) is 6.68. The molecule has 2 aromatic carbocycles. The smallest absolute Gasteiger partial charge is 0.423 e. The predicted octanol–water partition coefficient (Wildman–Crippen LogP) is 1.47. The quantitative estimate of drug-likeness (QED) is 0.620. The van der Waals surface area contributed by atoms with E-state index >= 15 is 0 Å². The highest BCUT2D eigenvalue weighted by atomic mass is 16.4. The van der Waals surface area contributed by atoms with Gasteiger partial charge in [0.1, 0.15) is 5.82 Å². The molecule has 3 aromatic rings. The molecule has 0 atom stereocenters. The Morgan fingerprint density at radius 2 is 1.76 bits per heavy atom. The van der Waals surface area contributed by atoms with E-state index < -0.39 is 7.12 Å². The second-order valence-corrected chi connectivity index (χ2v) is 5.08. The Bertz CT molecular complexity index is 818. The number of aryl methyl sites for hydroxylation is 1. The lowest BCUT2D eigenvalue weighted by Crippen LogP contribution is -2.29. The van der Waals surface area contributed by atoms with Crippen LogP contribution in [0.3, 0.4) is 0 Å². The molecule has 0 bridgehead atoms. The van der Waals surface area contributed by atoms with Gasteiger partial charge in [-0.25, -0.2) is 4.98 Å². The maximum atomic E-state index is 9.27. The maximum Gasteiger partial charge on any atom is 0.488 e. The maximum absolute atomic E-state index is 9.27. The van der Waals surface area contributed by atoms with Gasteiger partial charge in [-0.15, -0.1) is 0 Å². The zero-order valence-corrected chi connectivity index (χ0v) is 11.6. The summed E-state index contributed by atoms with van der Waals surface area (Å²) in [7, 11) is -1.47. The van der Waals surface area contributed by atoms with Gasteiger partial charge in [0.25, 0.3) is 0 Å². The minimum absolute atomic E-state index is 0.470. The zero-order chi connectivity index (χ0) is 15.0. The van der Waals surface area contributed by atoms with Crippen molar-refractivity contribution < 1.29 is 10.0 Å². The number of nitrogens with zero attached hydrogens (tertiary/aromatic N) is 1. The van der Waals surface area contributed by atoms with Crippen LogP contribution in [-0.2, 0) is 0 Å². The van der Waals surface area contributed by atoms with Crippen molar-refractivity contribution in [3.8, 4) is 11.1 Å². The van der Waals surface area contributed by atoms with Crippen LogP contribution in [0.5, 0.6) is 0 Å². The topological polar surface area (TPSA) is 79.4 Å². The Morgan fingerprint density at radius 1 is 1.00 bits per heavy atom. The Hall–Kier alpha value is -2.37. The van der Waals surface area contributed by atoms with Crippen LogP contribution in [0.2, 0.25) is 0 Å². The van der Waals surface area contributed by atoms with Crippen LogP contribution in [0, 0.1) is 6.92 Å². The monoisotopic (exact) mass is 278 g/mol. The van der Waals surface area contributed by atoms with Gasteiger partial charge in [-0.1, -0.05) is 36.4 Å². The fourth-order valence-corrected chi connectivity index (χ4v) is 2.48. The van der Waals surface area contributed by atoms with Gasteiger partial charge in [0, 0.05) is 11.1 Å². The van der Waals surface area contributed by atoms with E-state index in [4.69, 9.17) is 5.73 Å². The Morgan fingerprint density at radius 3 is 2.52 bits per heavy atom. The summed E-state index contributed by atoms with van der Waals surface area (Å²) in [5.41, 5.74) is 9.20. The Balaban J connectivity index is 2.15. The summed E-state index contributed by atoms with van der Waals surface area (Å²) in [4.78, 5) is 4.25. The van der Waals surface area contributed by atoms with Gasteiger partial charge in [0.15, 0.2) is 0 Å². The molecule has 0 amide bonds. The molecule has 0 aliphatic rings. The number of fused-ring (bicyclic) bond motifs is 1. The first-order chi connectivity index (χ1) is 10.0. The molecular weight excluding hydrogens is 263 g/mol. The molecule has 0 unspecified atom stereocenters. The van der Waals surface area contributed by atoms with Crippen molar-refractivity contribution in [3.63, 3.8) is 0 Å². The van der Waals surface area contributed by atoms with Gasteiger partial charge in [0.05, 0.1) is 0 Å². The molecule has 4 nitrogen and oxygen atoms in total. The number of pyridine rings is 1. The summed E-state index contributed by atoms with van der Waals surface area (Å²) in [5, 5.41) is 20.5. The van der Waals surface area contributed by atoms with E-state index in [2.05, 4.69) is 4.98 Å². The van der Waals surface area contributed by atoms with Crippen molar-refractivity contribution in [3.05, 3.63) is 54.2 Å². The molecule has 5 heteroatoms. The molecule has 0 aliphatic carbocycles. The average molecular weight is 278 g/mol. The van der Waals surface area contributed by atoms with Crippen LogP contribution in [0.1, 0.15) is 5.69 Å². The summed E-state index contributed by atoms with van der Waals surface area (Å²) in [6, 6.07) is 15.1. The van der Waals surface area contributed by atoms with E-state index in [9.17, 15) is 10.0 Å². The minimum Gasteiger partial charge on any atom is -0.423 e. The fraction of sp³-hybridized carbons (Fsp3) is 0.0625. The van der Waals surface area contributed by atoms with Crippen LogP contribution in [0.25, 0.3) is 21.9 Å². The highest BCUT2D eigenvalue weighted by Gasteiger charge is 2.11. The number of nitrogens with two attached hydrogens (primary N) is 1. The molecule has 0 saturated carbocycles. The Kier molecular flexibility index (Phi) is 3.37. The van der Waals surface area contributed by atoms with Crippen molar-refractivity contribution in [2.45, 2.75) is 6.92 Å². The fourth-order valence-electron chi connectivity index (χ4n) is 2.48. The van der Waals surface area contributed by atoms with Gasteiger partial charge >= 0.3 is 7.12 Å². The molecule has 4 N–H and O–H groups in total. The zero-order valence-electron chi connectivity index (χ0n) is 11.6. The molecule has 0 radical (unpaired) electrons. The van der Waals surface area contributed by atoms with E-state index in [1.54, 1.807) is 18.2 Å². The van der Waals surface area contributed by atoms with Crippen molar-refractivity contribution in [1.29, 1.82) is 0 Å². The lowest BCUT2D eigenvalue weighted by atomic mass is 9.79. The molecular formula is C16H15BN2O2. The minimum atomic E-state index is -1.47. The molecule has 0 fully saturated rings. The summed E-state index contributed by atoms with van der Waals surface area (Å²) in [6.45, 7) is 1.91. The highest BCUT2D eigenvalue weighted by Crippen LogP contribution is 2.26. The summed E-state index contributed by atoms with van der Waals surface area (Å²) >= 11 is 0. The van der Waals surface area contributed by atoms with Gasteiger partial charge < -0.3 is 15.8 Å². The lowest BCUT2D eigenvalue weighted by molar-refractivity contribution is 0.426. The second-order valence-electron chi connectivity index (χ2n) is 5.08. The largest absolute Gasteiger partial charge is 0.488 e. The van der Waals surface area contributed by atoms with Crippen LogP contribution in [0.4, 0.5) is 5.82 Å². The molecule has 21 heavy (non-hydrogen) atoms. The molecule has 0 aliphatic heterocycles. The third-order valence-corrected chi connectivity index (χ3v) is 3.51. The third kappa shape index (κ3) is 2.61. The van der Waals surface area contributed by atoms with E-state index in [0.717, 1.165) is 27.6 Å². The standard InChI is InChI=1S/C16H15BN2O2/c1-10-7-13-8-12(5-6-15(13)16(18)19-10)11-3-2-4-14(9-11)17(20)21/h2-9,20-21H,1H3,(H2,18,19). The number of aromatic nitrogens is 1. The first-order valence-electron chi connectivity index (χ1n) is 6.68. The molecule has 1 aromatic heterocycles. The summed E-state index contributed by atoms with van der Waals surface area (Å²) in [5.74, 6) is 0.524. The molecule has 3 rings (SSSR count). The van der Waals surface area contributed by atoms with E-state index in [0.29, 0.717) is 11.3 Å². The van der Waals surface area contributed by atoms with Gasteiger partial charge in [-0.05, 0) is 41.0 Å². The summed E-state index contributed by atoms with van der Waals surface area (Å²) in [6.07, 6.45) is 0. The Labute approximate surface area is 123 Å². The second kappa shape index (κ2) is 5.20.